The summed E-state index contributed by atoms with van der Waals surface area (Å²) < 4.78 is 36.8. The molecule has 1 aliphatic rings. The number of nitro groups is 1. The Labute approximate surface area is 190 Å². The van der Waals surface area contributed by atoms with E-state index in [1.165, 1.54) is 19.2 Å². The molecule has 0 spiro atoms. The molecule has 0 saturated carbocycles. The average molecular weight is 483 g/mol. The van der Waals surface area contributed by atoms with Crippen LogP contribution in [0.3, 0.4) is 0 Å². The number of nitrogens with zero attached hydrogens (tertiary/aromatic N) is 2. The molecule has 0 aromatic heterocycles. The van der Waals surface area contributed by atoms with Gasteiger partial charge in [-0.1, -0.05) is 23.7 Å². The number of benzene rings is 2. The Bertz CT molecular complexity index is 1160. The molecule has 3 N–H and O–H groups in total. The molecule has 3 rings (SSSR count). The molecule has 1 heterocycles. The number of ether oxygens (including phenoxy) is 1. The maximum Gasteiger partial charge on any atom is 0.341 e. The molecule has 0 radical (unpaired) electrons. The van der Waals surface area contributed by atoms with Crippen molar-refractivity contribution in [1.29, 1.82) is 5.41 Å². The maximum absolute atomic E-state index is 13.0. The Morgan fingerprint density at radius 2 is 1.97 bits per heavy atom. The molecule has 1 saturated heterocycles. The van der Waals surface area contributed by atoms with Crippen molar-refractivity contribution in [3.63, 3.8) is 0 Å². The second kappa shape index (κ2) is 9.21. The van der Waals surface area contributed by atoms with Crippen molar-refractivity contribution >= 4 is 33.4 Å². The number of methoxy groups -OCH3 is 1. The number of nitrogens with two attached hydrogens (primary N) is 1. The Kier molecular flexibility index (Phi) is 6.79. The molecule has 0 unspecified atom stereocenters. The van der Waals surface area contributed by atoms with Crippen molar-refractivity contribution in [2.75, 3.05) is 20.2 Å². The summed E-state index contributed by atoms with van der Waals surface area (Å²) in [5.74, 6) is 0.302. The van der Waals surface area contributed by atoms with Crippen molar-refractivity contribution in [1.82, 2.24) is 4.90 Å². The Balaban J connectivity index is 1.98. The minimum absolute atomic E-state index is 0.0172. The first-order valence-corrected chi connectivity index (χ1v) is 11.5. The molecule has 2 aromatic carbocycles. The molecular weight excluding hydrogens is 460 g/mol. The van der Waals surface area contributed by atoms with Crippen LogP contribution in [0.2, 0.25) is 5.02 Å². The van der Waals surface area contributed by atoms with E-state index in [9.17, 15) is 18.5 Å². The van der Waals surface area contributed by atoms with Gasteiger partial charge in [-0.25, -0.2) is 0 Å². The predicted molar refractivity (Wildman–Crippen MR) is 119 cm³/mol. The van der Waals surface area contributed by atoms with Gasteiger partial charge in [-0.15, -0.1) is 0 Å². The lowest BCUT2D eigenvalue weighted by Gasteiger charge is -2.33. The highest BCUT2D eigenvalue weighted by molar-refractivity contribution is 7.87. The standard InChI is InChI=1S/C20H23ClN4O6S/c1-12-10-14(13-6-8-24(9-7-13)20(22)23)19(30-2)16(11-12)31-32(28,29)17-5-3-4-15(18(17)21)25(26)27/h3-5,10-11,13H,6-9H2,1-2H3,(H3,22,23). The van der Waals surface area contributed by atoms with Crippen LogP contribution in [0.4, 0.5) is 5.69 Å². The maximum atomic E-state index is 13.0. The number of piperidine rings is 1. The molecular formula is C20H23ClN4O6S. The number of hydrogen-bond acceptors (Lipinski definition) is 7. The molecule has 32 heavy (non-hydrogen) atoms. The second-order valence-electron chi connectivity index (χ2n) is 7.42. The zero-order chi connectivity index (χ0) is 23.6. The minimum atomic E-state index is -4.49. The highest BCUT2D eigenvalue weighted by Gasteiger charge is 2.30. The van der Waals surface area contributed by atoms with Crippen molar-refractivity contribution in [2.24, 2.45) is 5.73 Å². The van der Waals surface area contributed by atoms with E-state index >= 15 is 0 Å². The zero-order valence-corrected chi connectivity index (χ0v) is 19.1. The molecule has 2 aromatic rings. The van der Waals surface area contributed by atoms with Gasteiger partial charge in [0.25, 0.3) is 5.69 Å². The third kappa shape index (κ3) is 4.73. The molecule has 0 bridgehead atoms. The van der Waals surface area contributed by atoms with Crippen molar-refractivity contribution in [3.05, 3.63) is 56.6 Å². The first kappa shape index (κ1) is 23.6. The molecule has 12 heteroatoms. The lowest BCUT2D eigenvalue weighted by atomic mass is 9.88. The summed E-state index contributed by atoms with van der Waals surface area (Å²) in [4.78, 5) is 11.6. The van der Waals surface area contributed by atoms with Crippen molar-refractivity contribution in [2.45, 2.75) is 30.6 Å². The first-order valence-electron chi connectivity index (χ1n) is 9.70. The van der Waals surface area contributed by atoms with Gasteiger partial charge in [0.05, 0.1) is 12.0 Å². The van der Waals surface area contributed by atoms with E-state index in [1.54, 1.807) is 11.8 Å². The van der Waals surface area contributed by atoms with Crippen molar-refractivity contribution in [3.8, 4) is 11.5 Å². The van der Waals surface area contributed by atoms with Gasteiger partial charge in [0, 0.05) is 24.7 Å². The Hall–Kier alpha value is -3.05. The predicted octanol–water partition coefficient (Wildman–Crippen LogP) is 3.41. The summed E-state index contributed by atoms with van der Waals surface area (Å²) in [7, 11) is -3.07. The fourth-order valence-electron chi connectivity index (χ4n) is 3.78. The van der Waals surface area contributed by atoms with Crippen LogP contribution in [0.15, 0.2) is 35.2 Å². The van der Waals surface area contributed by atoms with E-state index in [2.05, 4.69) is 0 Å². The molecule has 0 atom stereocenters. The van der Waals surface area contributed by atoms with Crippen LogP contribution < -0.4 is 14.7 Å². The van der Waals surface area contributed by atoms with E-state index in [1.807, 2.05) is 6.07 Å². The number of rotatable bonds is 6. The summed E-state index contributed by atoms with van der Waals surface area (Å²) in [6.45, 7) is 2.98. The van der Waals surface area contributed by atoms with E-state index in [0.29, 0.717) is 25.9 Å². The van der Waals surface area contributed by atoms with Crippen LogP contribution in [-0.4, -0.2) is 44.4 Å². The van der Waals surface area contributed by atoms with E-state index in [-0.39, 0.29) is 23.4 Å². The smallest absolute Gasteiger partial charge is 0.341 e. The molecule has 1 fully saturated rings. The summed E-state index contributed by atoms with van der Waals surface area (Å²) >= 11 is 5.99. The second-order valence-corrected chi connectivity index (χ2v) is 9.31. The highest BCUT2D eigenvalue weighted by atomic mass is 35.5. The van der Waals surface area contributed by atoms with Gasteiger partial charge in [-0.2, -0.15) is 8.42 Å². The Morgan fingerprint density at radius 3 is 2.53 bits per heavy atom. The number of guanidine groups is 1. The lowest BCUT2D eigenvalue weighted by Crippen LogP contribution is -2.41. The molecule has 1 aliphatic heterocycles. The van der Waals surface area contributed by atoms with Gasteiger partial charge in [0.15, 0.2) is 17.5 Å². The van der Waals surface area contributed by atoms with Crippen molar-refractivity contribution < 1.29 is 22.3 Å². The van der Waals surface area contributed by atoms with Crippen LogP contribution in [0.5, 0.6) is 11.5 Å². The van der Waals surface area contributed by atoms with Gasteiger partial charge in [0.2, 0.25) is 0 Å². The summed E-state index contributed by atoms with van der Waals surface area (Å²) in [6, 6.07) is 6.91. The summed E-state index contributed by atoms with van der Waals surface area (Å²) in [6.07, 6.45) is 1.39. The fourth-order valence-corrected chi connectivity index (χ4v) is 5.28. The Morgan fingerprint density at radius 1 is 1.31 bits per heavy atom. The fraction of sp³-hybridized carbons (Fsp3) is 0.350. The highest BCUT2D eigenvalue weighted by Crippen LogP contribution is 2.42. The average Bonchev–Trinajstić information content (AvgIpc) is 2.73. The lowest BCUT2D eigenvalue weighted by molar-refractivity contribution is -0.384. The van der Waals surface area contributed by atoms with E-state index < -0.39 is 30.6 Å². The van der Waals surface area contributed by atoms with Crippen LogP contribution >= 0.6 is 11.6 Å². The number of nitro benzene ring substituents is 1. The largest absolute Gasteiger partial charge is 0.492 e. The van der Waals surface area contributed by atoms with Crippen LogP contribution in [0.1, 0.15) is 29.9 Å². The van der Waals surface area contributed by atoms with Gasteiger partial charge in [-0.3, -0.25) is 15.5 Å². The van der Waals surface area contributed by atoms with Gasteiger partial charge < -0.3 is 19.6 Å². The number of halogens is 1. The zero-order valence-electron chi connectivity index (χ0n) is 17.5. The normalized spacial score (nSPS) is 14.8. The third-order valence-corrected chi connectivity index (χ3v) is 7.10. The topological polar surface area (TPSA) is 149 Å². The third-order valence-electron chi connectivity index (χ3n) is 5.32. The number of aryl methyl sites for hydroxylation is 1. The van der Waals surface area contributed by atoms with Gasteiger partial charge >= 0.3 is 10.1 Å². The number of likely N-dealkylation sites (tertiary alicyclic amines) is 1. The molecule has 10 nitrogen and oxygen atoms in total. The molecule has 172 valence electrons. The van der Waals surface area contributed by atoms with Crippen LogP contribution in [0.25, 0.3) is 0 Å². The summed E-state index contributed by atoms with van der Waals surface area (Å²) in [5, 5.41) is 18.2. The summed E-state index contributed by atoms with van der Waals surface area (Å²) in [5.41, 5.74) is 6.57. The van der Waals surface area contributed by atoms with Gasteiger partial charge in [0.1, 0.15) is 9.92 Å². The monoisotopic (exact) mass is 482 g/mol. The van der Waals surface area contributed by atoms with E-state index in [0.717, 1.165) is 23.3 Å². The first-order chi connectivity index (χ1) is 15.0. The SMILES string of the molecule is COc1c(OS(=O)(=O)c2cccc([N+](=O)[O-])c2Cl)cc(C)cc1C1CCN(C(=N)N)CC1. The quantitative estimate of drug-likeness (QED) is 0.209. The number of hydrogen-bond donors (Lipinski definition) is 2. The minimum Gasteiger partial charge on any atom is -0.492 e. The van der Waals surface area contributed by atoms with Crippen LogP contribution in [-0.2, 0) is 10.1 Å². The molecule has 0 amide bonds. The van der Waals surface area contributed by atoms with Gasteiger partial charge in [-0.05, 0) is 43.4 Å². The van der Waals surface area contributed by atoms with Crippen LogP contribution in [0, 0.1) is 22.4 Å². The van der Waals surface area contributed by atoms with E-state index in [4.69, 9.17) is 31.7 Å². The number of nitrogens with one attached hydrogen (secondary N) is 1. The molecule has 0 aliphatic carbocycles.